The first-order valence-corrected chi connectivity index (χ1v) is 7.98. The van der Waals surface area contributed by atoms with E-state index < -0.39 is 10.8 Å². The number of carbonyl (C=O) groups excluding carboxylic acids is 1. The number of primary amides is 1. The maximum Gasteiger partial charge on any atom is 0.311 e. The molecule has 0 saturated carbocycles. The fourth-order valence-electron chi connectivity index (χ4n) is 2.52. The minimum atomic E-state index is -0.617. The van der Waals surface area contributed by atoms with E-state index in [1.807, 2.05) is 0 Å². The number of rotatable bonds is 6. The quantitative estimate of drug-likeness (QED) is 0.390. The second kappa shape index (κ2) is 7.42. The van der Waals surface area contributed by atoms with Gasteiger partial charge in [-0.2, -0.15) is 0 Å². The SMILES string of the molecule is COc1ccc(-c2nc(Cl)nc3ccc(OCC(N)=O)cc23)cc1[N+](=O)[O-]. The molecular formula is C17H13ClN4O5. The zero-order valence-corrected chi connectivity index (χ0v) is 14.8. The highest BCUT2D eigenvalue weighted by Gasteiger charge is 2.18. The van der Waals surface area contributed by atoms with Crippen LogP contribution in [0.1, 0.15) is 0 Å². The molecule has 0 bridgehead atoms. The second-order valence-electron chi connectivity index (χ2n) is 5.42. The van der Waals surface area contributed by atoms with E-state index in [-0.39, 0.29) is 23.3 Å². The number of amides is 1. The highest BCUT2D eigenvalue weighted by molar-refractivity contribution is 6.28. The van der Waals surface area contributed by atoms with Crippen LogP contribution in [0.15, 0.2) is 36.4 Å². The molecule has 2 aromatic carbocycles. The predicted octanol–water partition coefficient (Wildman–Crippen LogP) is 2.73. The Balaban J connectivity index is 2.17. The first-order chi connectivity index (χ1) is 12.9. The smallest absolute Gasteiger partial charge is 0.311 e. The van der Waals surface area contributed by atoms with Gasteiger partial charge >= 0.3 is 5.69 Å². The van der Waals surface area contributed by atoms with Gasteiger partial charge < -0.3 is 15.2 Å². The molecule has 3 aromatic rings. The van der Waals surface area contributed by atoms with Crippen molar-refractivity contribution >= 4 is 34.1 Å². The lowest BCUT2D eigenvalue weighted by Crippen LogP contribution is -2.19. The van der Waals surface area contributed by atoms with Gasteiger partial charge in [0.15, 0.2) is 12.4 Å². The first kappa shape index (κ1) is 18.3. The minimum absolute atomic E-state index is 0.0122. The van der Waals surface area contributed by atoms with Crippen molar-refractivity contribution in [3.8, 4) is 22.8 Å². The van der Waals surface area contributed by atoms with Crippen LogP contribution in [0.4, 0.5) is 5.69 Å². The Morgan fingerprint density at radius 2 is 2.04 bits per heavy atom. The van der Waals surface area contributed by atoms with Crippen LogP contribution < -0.4 is 15.2 Å². The third-order valence-corrected chi connectivity index (χ3v) is 3.84. The van der Waals surface area contributed by atoms with Crippen molar-refractivity contribution in [3.63, 3.8) is 0 Å². The van der Waals surface area contributed by atoms with Crippen LogP contribution in [-0.4, -0.2) is 34.5 Å². The summed E-state index contributed by atoms with van der Waals surface area (Å²) in [5.74, 6) is -0.122. The van der Waals surface area contributed by atoms with Gasteiger partial charge in [0.2, 0.25) is 5.28 Å². The van der Waals surface area contributed by atoms with E-state index in [4.69, 9.17) is 26.8 Å². The van der Waals surface area contributed by atoms with Gasteiger partial charge in [-0.3, -0.25) is 14.9 Å². The number of methoxy groups -OCH3 is 1. The molecule has 0 aliphatic rings. The Labute approximate surface area is 157 Å². The second-order valence-corrected chi connectivity index (χ2v) is 5.76. The summed E-state index contributed by atoms with van der Waals surface area (Å²) in [6, 6.07) is 9.30. The number of nitro groups is 1. The summed E-state index contributed by atoms with van der Waals surface area (Å²) in [7, 11) is 1.35. The van der Waals surface area contributed by atoms with Crippen molar-refractivity contribution in [2.75, 3.05) is 13.7 Å². The highest BCUT2D eigenvalue weighted by atomic mass is 35.5. The lowest BCUT2D eigenvalue weighted by molar-refractivity contribution is -0.385. The molecule has 27 heavy (non-hydrogen) atoms. The molecule has 0 atom stereocenters. The molecule has 0 spiro atoms. The highest BCUT2D eigenvalue weighted by Crippen LogP contribution is 2.35. The lowest BCUT2D eigenvalue weighted by Gasteiger charge is -2.10. The number of carbonyl (C=O) groups is 1. The van der Waals surface area contributed by atoms with Gasteiger partial charge in [0.25, 0.3) is 5.91 Å². The van der Waals surface area contributed by atoms with Gasteiger partial charge in [0.05, 0.1) is 23.2 Å². The van der Waals surface area contributed by atoms with Crippen LogP contribution in [-0.2, 0) is 4.79 Å². The molecule has 0 aliphatic carbocycles. The Morgan fingerprint density at radius 3 is 2.70 bits per heavy atom. The molecule has 138 valence electrons. The van der Waals surface area contributed by atoms with Gasteiger partial charge in [-0.25, -0.2) is 9.97 Å². The Bertz CT molecular complexity index is 1060. The van der Waals surface area contributed by atoms with E-state index in [9.17, 15) is 14.9 Å². The van der Waals surface area contributed by atoms with Crippen LogP contribution in [0, 0.1) is 10.1 Å². The van der Waals surface area contributed by atoms with Crippen molar-refractivity contribution in [1.29, 1.82) is 0 Å². The lowest BCUT2D eigenvalue weighted by atomic mass is 10.1. The first-order valence-electron chi connectivity index (χ1n) is 7.60. The number of nitrogens with two attached hydrogens (primary N) is 1. The molecule has 0 aliphatic heterocycles. The van der Waals surface area contributed by atoms with Gasteiger partial charge in [0.1, 0.15) is 5.75 Å². The summed E-state index contributed by atoms with van der Waals surface area (Å²) in [6.45, 7) is -0.288. The topological polar surface area (TPSA) is 130 Å². The number of halogens is 1. The summed E-state index contributed by atoms with van der Waals surface area (Å²) >= 11 is 6.00. The number of hydrogen-bond donors (Lipinski definition) is 1. The number of hydrogen-bond acceptors (Lipinski definition) is 7. The normalized spacial score (nSPS) is 10.6. The maximum absolute atomic E-state index is 11.3. The van der Waals surface area contributed by atoms with Crippen LogP contribution in [0.2, 0.25) is 5.28 Å². The van der Waals surface area contributed by atoms with Crippen molar-refractivity contribution in [1.82, 2.24) is 9.97 Å². The third kappa shape index (κ3) is 3.87. The maximum atomic E-state index is 11.3. The molecule has 10 heteroatoms. The van der Waals surface area contributed by atoms with Gasteiger partial charge in [-0.15, -0.1) is 0 Å². The molecule has 2 N–H and O–H groups in total. The summed E-state index contributed by atoms with van der Waals surface area (Å²) in [4.78, 5) is 30.0. The zero-order chi connectivity index (χ0) is 19.6. The van der Waals surface area contributed by atoms with Gasteiger partial charge in [-0.1, -0.05) is 0 Å². The summed E-state index contributed by atoms with van der Waals surface area (Å²) in [6.07, 6.45) is 0. The molecule has 1 amide bonds. The number of nitrogens with zero attached hydrogens (tertiary/aromatic N) is 3. The van der Waals surface area contributed by atoms with E-state index in [1.165, 1.54) is 19.2 Å². The van der Waals surface area contributed by atoms with E-state index in [0.29, 0.717) is 27.9 Å². The molecule has 0 saturated heterocycles. The molecular weight excluding hydrogens is 376 g/mol. The molecule has 0 fully saturated rings. The Kier molecular flexibility index (Phi) is 5.04. The van der Waals surface area contributed by atoms with E-state index in [2.05, 4.69) is 9.97 Å². The van der Waals surface area contributed by atoms with Gasteiger partial charge in [-0.05, 0) is 41.9 Å². The van der Waals surface area contributed by atoms with Crippen LogP contribution in [0.5, 0.6) is 11.5 Å². The molecule has 9 nitrogen and oxygen atoms in total. The van der Waals surface area contributed by atoms with E-state index in [1.54, 1.807) is 24.3 Å². The number of benzene rings is 2. The Morgan fingerprint density at radius 1 is 1.26 bits per heavy atom. The molecule has 3 rings (SSSR count). The van der Waals surface area contributed by atoms with Crippen LogP contribution >= 0.6 is 11.6 Å². The average molecular weight is 389 g/mol. The number of ether oxygens (including phenoxy) is 2. The summed E-state index contributed by atoms with van der Waals surface area (Å²) < 4.78 is 10.3. The fraction of sp³-hybridized carbons (Fsp3) is 0.118. The summed E-state index contributed by atoms with van der Waals surface area (Å²) in [5.41, 5.74) is 6.21. The molecule has 0 radical (unpaired) electrons. The predicted molar refractivity (Wildman–Crippen MR) is 97.9 cm³/mol. The Hall–Kier alpha value is -3.46. The third-order valence-electron chi connectivity index (χ3n) is 3.67. The molecule has 0 unspecified atom stereocenters. The van der Waals surface area contributed by atoms with Crippen LogP contribution in [0.25, 0.3) is 22.2 Å². The minimum Gasteiger partial charge on any atom is -0.490 e. The number of nitro benzene ring substituents is 1. The number of aromatic nitrogens is 2. The zero-order valence-electron chi connectivity index (χ0n) is 14.0. The van der Waals surface area contributed by atoms with E-state index in [0.717, 1.165) is 0 Å². The standard InChI is InChI=1S/C17H13ClN4O5/c1-26-14-5-2-9(6-13(14)22(24)25)16-11-7-10(27-8-15(19)23)3-4-12(11)20-17(18)21-16/h2-7H,8H2,1H3,(H2,19,23). The van der Waals surface area contributed by atoms with E-state index >= 15 is 0 Å². The van der Waals surface area contributed by atoms with Crippen molar-refractivity contribution in [3.05, 3.63) is 51.8 Å². The average Bonchev–Trinajstić information content (AvgIpc) is 2.65. The largest absolute Gasteiger partial charge is 0.490 e. The summed E-state index contributed by atoms with van der Waals surface area (Å²) in [5, 5.41) is 11.8. The monoisotopic (exact) mass is 388 g/mol. The number of fused-ring (bicyclic) bond motifs is 1. The molecule has 1 aromatic heterocycles. The van der Waals surface area contributed by atoms with Crippen molar-refractivity contribution in [2.24, 2.45) is 5.73 Å². The van der Waals surface area contributed by atoms with Crippen LogP contribution in [0.3, 0.4) is 0 Å². The van der Waals surface area contributed by atoms with Crippen molar-refractivity contribution in [2.45, 2.75) is 0 Å². The van der Waals surface area contributed by atoms with Crippen molar-refractivity contribution < 1.29 is 19.2 Å². The fourth-order valence-corrected chi connectivity index (χ4v) is 2.70. The molecule has 1 heterocycles. The van der Waals surface area contributed by atoms with Gasteiger partial charge in [0, 0.05) is 17.0 Å².